The maximum absolute atomic E-state index is 9.04. The number of nitriles is 1. The Morgan fingerprint density at radius 3 is 2.56 bits per heavy atom. The van der Waals surface area contributed by atoms with Crippen LogP contribution in [0.5, 0.6) is 0 Å². The zero-order valence-electron chi connectivity index (χ0n) is 14.7. The second kappa shape index (κ2) is 7.34. The van der Waals surface area contributed by atoms with Gasteiger partial charge in [0.2, 0.25) is 5.95 Å². The molecule has 0 aliphatic heterocycles. The van der Waals surface area contributed by atoms with Crippen LogP contribution < -0.4 is 5.32 Å². The lowest BCUT2D eigenvalue weighted by Crippen LogP contribution is -2.42. The SMILES string of the molecule is N#Cc1cccc(-c2cnc(NCC3(c4ncccc4Cl)CCC3)nc2)c1. The summed E-state index contributed by atoms with van der Waals surface area (Å²) < 4.78 is 0. The van der Waals surface area contributed by atoms with Crippen LogP contribution in [0, 0.1) is 11.3 Å². The van der Waals surface area contributed by atoms with Crippen LogP contribution in [0.4, 0.5) is 5.95 Å². The summed E-state index contributed by atoms with van der Waals surface area (Å²) in [6.45, 7) is 0.701. The van der Waals surface area contributed by atoms with Gasteiger partial charge in [0.25, 0.3) is 0 Å². The first kappa shape index (κ1) is 17.4. The van der Waals surface area contributed by atoms with E-state index >= 15 is 0 Å². The minimum Gasteiger partial charge on any atom is -0.353 e. The first-order valence-corrected chi connectivity index (χ1v) is 9.25. The van der Waals surface area contributed by atoms with Gasteiger partial charge in [0.1, 0.15) is 0 Å². The molecular formula is C21H18ClN5. The minimum atomic E-state index is -0.0541. The molecule has 1 aliphatic rings. The number of hydrogen-bond donors (Lipinski definition) is 1. The fraction of sp³-hybridized carbons (Fsp3) is 0.238. The molecule has 0 spiro atoms. The Hall–Kier alpha value is -2.97. The van der Waals surface area contributed by atoms with Gasteiger partial charge in [0.15, 0.2) is 0 Å². The molecule has 1 aromatic carbocycles. The van der Waals surface area contributed by atoms with Gasteiger partial charge in [0, 0.05) is 36.1 Å². The second-order valence-electron chi connectivity index (χ2n) is 6.81. The maximum Gasteiger partial charge on any atom is 0.222 e. The Morgan fingerprint density at radius 2 is 1.89 bits per heavy atom. The Labute approximate surface area is 163 Å². The van der Waals surface area contributed by atoms with Gasteiger partial charge in [-0.2, -0.15) is 5.26 Å². The van der Waals surface area contributed by atoms with Crippen molar-refractivity contribution in [3.8, 4) is 17.2 Å². The quantitative estimate of drug-likeness (QED) is 0.705. The predicted molar refractivity (Wildman–Crippen MR) is 105 cm³/mol. The molecule has 5 nitrogen and oxygen atoms in total. The highest BCUT2D eigenvalue weighted by Gasteiger charge is 2.41. The van der Waals surface area contributed by atoms with Gasteiger partial charge in [-0.1, -0.05) is 30.2 Å². The van der Waals surface area contributed by atoms with Crippen molar-refractivity contribution in [2.24, 2.45) is 0 Å². The largest absolute Gasteiger partial charge is 0.353 e. The predicted octanol–water partition coefficient (Wildman–Crippen LogP) is 4.60. The van der Waals surface area contributed by atoms with E-state index in [2.05, 4.69) is 26.3 Å². The van der Waals surface area contributed by atoms with Crippen LogP contribution in [-0.2, 0) is 5.41 Å². The molecule has 0 unspecified atom stereocenters. The highest BCUT2D eigenvalue weighted by molar-refractivity contribution is 6.31. The molecule has 3 aromatic rings. The summed E-state index contributed by atoms with van der Waals surface area (Å²) in [6, 6.07) is 13.3. The van der Waals surface area contributed by atoms with Gasteiger partial charge in [-0.05, 0) is 42.7 Å². The fourth-order valence-corrected chi connectivity index (χ4v) is 3.78. The number of rotatable bonds is 5. The van der Waals surface area contributed by atoms with Crippen LogP contribution >= 0.6 is 11.6 Å². The molecule has 1 fully saturated rings. The lowest BCUT2D eigenvalue weighted by Gasteiger charge is -2.41. The van der Waals surface area contributed by atoms with Crippen molar-refractivity contribution >= 4 is 17.5 Å². The number of nitrogens with zero attached hydrogens (tertiary/aromatic N) is 4. The van der Waals surface area contributed by atoms with Gasteiger partial charge in [-0.15, -0.1) is 0 Å². The maximum atomic E-state index is 9.04. The summed E-state index contributed by atoms with van der Waals surface area (Å²) >= 11 is 6.37. The summed E-state index contributed by atoms with van der Waals surface area (Å²) in [5, 5.41) is 13.1. The minimum absolute atomic E-state index is 0.0541. The number of hydrogen-bond acceptors (Lipinski definition) is 5. The first-order chi connectivity index (χ1) is 13.2. The Balaban J connectivity index is 1.49. The van der Waals surface area contributed by atoms with E-state index < -0.39 is 0 Å². The molecule has 0 amide bonds. The summed E-state index contributed by atoms with van der Waals surface area (Å²) in [5.74, 6) is 0.577. The van der Waals surface area contributed by atoms with Crippen molar-refractivity contribution in [3.63, 3.8) is 0 Å². The van der Waals surface area contributed by atoms with E-state index in [1.165, 1.54) is 6.42 Å². The molecule has 4 rings (SSSR count). The normalized spacial score (nSPS) is 14.8. The van der Waals surface area contributed by atoms with Gasteiger partial charge >= 0.3 is 0 Å². The van der Waals surface area contributed by atoms with Crippen LogP contribution in [0.3, 0.4) is 0 Å². The average Bonchev–Trinajstić information content (AvgIpc) is 2.69. The molecule has 0 atom stereocenters. The first-order valence-electron chi connectivity index (χ1n) is 8.88. The Kier molecular flexibility index (Phi) is 4.74. The van der Waals surface area contributed by atoms with Gasteiger partial charge < -0.3 is 5.32 Å². The standard InChI is InChI=1S/C21H18ClN5/c22-18-6-2-9-24-19(18)21(7-3-8-21)14-27-20-25-12-17(13-26-20)16-5-1-4-15(10-16)11-23/h1-2,4-6,9-10,12-13H,3,7-8,14H2,(H,25,26,27). The number of nitrogens with one attached hydrogen (secondary N) is 1. The Morgan fingerprint density at radius 1 is 1.07 bits per heavy atom. The van der Waals surface area contributed by atoms with E-state index in [0.29, 0.717) is 23.1 Å². The molecule has 1 saturated carbocycles. The van der Waals surface area contributed by atoms with Gasteiger partial charge in [-0.3, -0.25) is 4.98 Å². The van der Waals surface area contributed by atoms with Crippen molar-refractivity contribution in [1.29, 1.82) is 5.26 Å². The molecule has 6 heteroatoms. The molecule has 134 valence electrons. The van der Waals surface area contributed by atoms with Crippen LogP contribution in [0.15, 0.2) is 55.0 Å². The number of benzene rings is 1. The highest BCUT2D eigenvalue weighted by Crippen LogP contribution is 2.45. The smallest absolute Gasteiger partial charge is 0.222 e. The Bertz CT molecular complexity index is 990. The third-order valence-electron chi connectivity index (χ3n) is 5.13. The topological polar surface area (TPSA) is 74.5 Å². The van der Waals surface area contributed by atoms with E-state index in [-0.39, 0.29) is 5.41 Å². The molecule has 27 heavy (non-hydrogen) atoms. The molecule has 1 N–H and O–H groups in total. The third-order valence-corrected chi connectivity index (χ3v) is 5.44. The van der Waals surface area contributed by atoms with Crippen molar-refractivity contribution in [1.82, 2.24) is 15.0 Å². The van der Waals surface area contributed by atoms with Crippen molar-refractivity contribution < 1.29 is 0 Å². The fourth-order valence-electron chi connectivity index (χ4n) is 3.46. The number of anilines is 1. The van der Waals surface area contributed by atoms with Crippen molar-refractivity contribution in [2.75, 3.05) is 11.9 Å². The lowest BCUT2D eigenvalue weighted by atomic mass is 9.66. The van der Waals surface area contributed by atoms with Crippen LogP contribution in [0.2, 0.25) is 5.02 Å². The monoisotopic (exact) mass is 375 g/mol. The van der Waals surface area contributed by atoms with E-state index in [0.717, 1.165) is 29.7 Å². The molecule has 2 heterocycles. The molecule has 0 saturated heterocycles. The van der Waals surface area contributed by atoms with Crippen molar-refractivity contribution in [3.05, 3.63) is 71.3 Å². The van der Waals surface area contributed by atoms with Crippen LogP contribution in [0.1, 0.15) is 30.5 Å². The van der Waals surface area contributed by atoms with Crippen LogP contribution in [-0.4, -0.2) is 21.5 Å². The number of pyridine rings is 1. The van der Waals surface area contributed by atoms with E-state index in [1.807, 2.05) is 30.3 Å². The molecule has 2 aromatic heterocycles. The molecular weight excluding hydrogens is 358 g/mol. The van der Waals surface area contributed by atoms with Gasteiger partial charge in [-0.25, -0.2) is 9.97 Å². The average molecular weight is 376 g/mol. The highest BCUT2D eigenvalue weighted by atomic mass is 35.5. The van der Waals surface area contributed by atoms with Gasteiger partial charge in [0.05, 0.1) is 22.3 Å². The molecule has 0 radical (unpaired) electrons. The van der Waals surface area contributed by atoms with E-state index in [4.69, 9.17) is 16.9 Å². The molecule has 0 bridgehead atoms. The number of aromatic nitrogens is 3. The van der Waals surface area contributed by atoms with Crippen LogP contribution in [0.25, 0.3) is 11.1 Å². The summed E-state index contributed by atoms with van der Waals surface area (Å²) in [4.78, 5) is 13.4. The third kappa shape index (κ3) is 3.49. The lowest BCUT2D eigenvalue weighted by molar-refractivity contribution is 0.253. The zero-order valence-corrected chi connectivity index (χ0v) is 15.4. The summed E-state index contributed by atoms with van der Waals surface area (Å²) in [5.41, 5.74) is 3.32. The van der Waals surface area contributed by atoms with Crippen molar-refractivity contribution in [2.45, 2.75) is 24.7 Å². The summed E-state index contributed by atoms with van der Waals surface area (Å²) in [7, 11) is 0. The second-order valence-corrected chi connectivity index (χ2v) is 7.22. The van der Waals surface area contributed by atoms with E-state index in [1.54, 1.807) is 24.7 Å². The zero-order chi connectivity index (χ0) is 18.7. The number of halogens is 1. The molecule has 1 aliphatic carbocycles. The summed E-state index contributed by atoms with van der Waals surface area (Å²) in [6.07, 6.45) is 8.61. The van der Waals surface area contributed by atoms with E-state index in [9.17, 15) is 0 Å².